The van der Waals surface area contributed by atoms with E-state index in [9.17, 15) is 22.8 Å². The molecule has 0 aromatic heterocycles. The van der Waals surface area contributed by atoms with E-state index >= 15 is 0 Å². The van der Waals surface area contributed by atoms with Gasteiger partial charge in [-0.15, -0.1) is 0 Å². The first-order chi connectivity index (χ1) is 21.9. The van der Waals surface area contributed by atoms with Gasteiger partial charge >= 0.3 is 0 Å². The molecule has 0 saturated heterocycles. The first kappa shape index (κ1) is 40.7. The minimum absolute atomic E-state index is 0.0675. The van der Waals surface area contributed by atoms with Gasteiger partial charge in [0.05, 0.1) is 17.8 Å². The standard InChI is InChI=1S/C38H58N4O5S/c1-25(2)30(23-26(3)33(43)41-48(46,47)24-27-19-21-28(22-20-27)36(4,5)6)42(13)35(45)32(37(7,8)9)40-34(44)31(39-12)38(10,11)29-17-15-14-16-18-29/h14-23,25,30-32,39H,24H2,1-13H3,(H,40,44)(H,41,43)/t30-,31-,32-/m1/s1. The Labute approximate surface area is 289 Å². The molecule has 0 aliphatic carbocycles. The van der Waals surface area contributed by atoms with Crippen molar-refractivity contribution in [3.8, 4) is 0 Å². The van der Waals surface area contributed by atoms with Gasteiger partial charge in [-0.25, -0.2) is 13.1 Å². The first-order valence-electron chi connectivity index (χ1n) is 16.5. The Morgan fingerprint density at radius 3 is 1.83 bits per heavy atom. The van der Waals surface area contributed by atoms with Crippen LogP contribution in [0.5, 0.6) is 0 Å². The minimum atomic E-state index is -3.98. The van der Waals surface area contributed by atoms with E-state index in [1.54, 1.807) is 32.3 Å². The summed E-state index contributed by atoms with van der Waals surface area (Å²) in [4.78, 5) is 42.6. The molecule has 0 bridgehead atoms. The van der Waals surface area contributed by atoms with Crippen molar-refractivity contribution < 1.29 is 22.8 Å². The van der Waals surface area contributed by atoms with E-state index in [0.717, 1.165) is 11.1 Å². The minimum Gasteiger partial charge on any atom is -0.342 e. The molecular formula is C38H58N4O5S. The number of hydrogen-bond donors (Lipinski definition) is 3. The third-order valence-electron chi connectivity index (χ3n) is 8.87. The summed E-state index contributed by atoms with van der Waals surface area (Å²) in [5.41, 5.74) is 1.50. The summed E-state index contributed by atoms with van der Waals surface area (Å²) in [5, 5.41) is 6.18. The summed E-state index contributed by atoms with van der Waals surface area (Å²) in [7, 11) is -0.616. The normalized spacial score (nSPS) is 15.0. The number of carbonyl (C=O) groups is 3. The van der Waals surface area contributed by atoms with E-state index < -0.39 is 44.9 Å². The molecule has 3 atom stereocenters. The smallest absolute Gasteiger partial charge is 0.260 e. The molecule has 0 aliphatic heterocycles. The average molecular weight is 683 g/mol. The van der Waals surface area contributed by atoms with E-state index in [1.165, 1.54) is 11.8 Å². The van der Waals surface area contributed by atoms with Crippen LogP contribution in [-0.4, -0.2) is 63.3 Å². The Morgan fingerprint density at radius 2 is 1.38 bits per heavy atom. The topological polar surface area (TPSA) is 125 Å². The Kier molecular flexibility index (Phi) is 13.4. The maximum absolute atomic E-state index is 14.1. The Balaban J connectivity index is 2.27. The Hall–Kier alpha value is -3.50. The summed E-state index contributed by atoms with van der Waals surface area (Å²) < 4.78 is 28.0. The van der Waals surface area contributed by atoms with Crippen molar-refractivity contribution >= 4 is 27.7 Å². The van der Waals surface area contributed by atoms with E-state index in [0.29, 0.717) is 5.56 Å². The zero-order chi connectivity index (χ0) is 36.8. The molecule has 2 aromatic carbocycles. The van der Waals surface area contributed by atoms with Gasteiger partial charge in [-0.1, -0.05) is 130 Å². The second kappa shape index (κ2) is 15.8. The number of carbonyl (C=O) groups excluding carboxylic acids is 3. The molecule has 0 spiro atoms. The van der Waals surface area contributed by atoms with Gasteiger partial charge in [0.2, 0.25) is 21.8 Å². The summed E-state index contributed by atoms with van der Waals surface area (Å²) in [6.45, 7) is 21.2. The van der Waals surface area contributed by atoms with Crippen molar-refractivity contribution in [1.29, 1.82) is 0 Å². The summed E-state index contributed by atoms with van der Waals surface area (Å²) in [5.74, 6) is -1.85. The van der Waals surface area contributed by atoms with Crippen LogP contribution in [0.25, 0.3) is 0 Å². The van der Waals surface area contributed by atoms with Gasteiger partial charge in [-0.3, -0.25) is 14.4 Å². The zero-order valence-corrected chi connectivity index (χ0v) is 32.0. The van der Waals surface area contributed by atoms with Gasteiger partial charge < -0.3 is 15.5 Å². The Morgan fingerprint density at radius 1 is 0.833 bits per heavy atom. The number of amides is 3. The van der Waals surface area contributed by atoms with Crippen molar-refractivity contribution in [2.75, 3.05) is 14.1 Å². The van der Waals surface area contributed by atoms with Crippen LogP contribution >= 0.6 is 0 Å². The average Bonchev–Trinajstić information content (AvgIpc) is 2.97. The van der Waals surface area contributed by atoms with Crippen molar-refractivity contribution in [1.82, 2.24) is 20.3 Å². The fourth-order valence-electron chi connectivity index (χ4n) is 5.74. The largest absolute Gasteiger partial charge is 0.342 e. The van der Waals surface area contributed by atoms with E-state index in [-0.39, 0.29) is 34.5 Å². The molecular weight excluding hydrogens is 625 g/mol. The maximum Gasteiger partial charge on any atom is 0.260 e. The molecule has 0 aliphatic rings. The highest BCUT2D eigenvalue weighted by Gasteiger charge is 2.41. The third-order valence-corrected chi connectivity index (χ3v) is 10.1. The molecule has 0 radical (unpaired) electrons. The number of nitrogens with one attached hydrogen (secondary N) is 3. The lowest BCUT2D eigenvalue weighted by atomic mass is 9.76. The second-order valence-electron chi connectivity index (χ2n) is 15.8. The van der Waals surface area contributed by atoms with Crippen molar-refractivity contribution in [3.63, 3.8) is 0 Å². The predicted octanol–water partition coefficient (Wildman–Crippen LogP) is 5.46. The molecule has 10 heteroatoms. The molecule has 48 heavy (non-hydrogen) atoms. The van der Waals surface area contributed by atoms with Gasteiger partial charge in [0.25, 0.3) is 5.91 Å². The van der Waals surface area contributed by atoms with Crippen molar-refractivity contribution in [3.05, 3.63) is 82.9 Å². The predicted molar refractivity (Wildman–Crippen MR) is 195 cm³/mol. The van der Waals surface area contributed by atoms with Crippen LogP contribution in [0.2, 0.25) is 0 Å². The SMILES string of the molecule is CN[C@H](C(=O)N[C@H](C(=O)N(C)[C@H](C=C(C)C(=O)NS(=O)(=O)Cc1ccc(C(C)(C)C)cc1)C(C)C)C(C)(C)C)C(C)(C)c1ccccc1. The lowest BCUT2D eigenvalue weighted by molar-refractivity contribution is -0.140. The van der Waals surface area contributed by atoms with Crippen LogP contribution in [0.4, 0.5) is 0 Å². The van der Waals surface area contributed by atoms with Gasteiger partial charge in [-0.05, 0) is 47.4 Å². The molecule has 2 aromatic rings. The second-order valence-corrected chi connectivity index (χ2v) is 17.5. The monoisotopic (exact) mass is 682 g/mol. The van der Waals surface area contributed by atoms with Gasteiger partial charge in [0.1, 0.15) is 6.04 Å². The first-order valence-corrected chi connectivity index (χ1v) is 18.2. The number of benzene rings is 2. The molecule has 0 saturated carbocycles. The molecule has 3 amide bonds. The molecule has 3 N–H and O–H groups in total. The highest BCUT2D eigenvalue weighted by atomic mass is 32.2. The zero-order valence-electron chi connectivity index (χ0n) is 31.2. The van der Waals surface area contributed by atoms with Crippen molar-refractivity contribution in [2.45, 2.75) is 111 Å². The van der Waals surface area contributed by atoms with E-state index in [4.69, 9.17) is 0 Å². The van der Waals surface area contributed by atoms with Gasteiger partial charge in [0.15, 0.2) is 0 Å². The fraction of sp³-hybridized carbons (Fsp3) is 0.553. The molecule has 0 heterocycles. The number of sulfonamides is 1. The van der Waals surface area contributed by atoms with Gasteiger partial charge in [0, 0.05) is 18.0 Å². The number of nitrogens with zero attached hydrogens (tertiary/aromatic N) is 1. The summed E-state index contributed by atoms with van der Waals surface area (Å²) in [6, 6.07) is 15.0. The molecule has 0 fully saturated rings. The van der Waals surface area contributed by atoms with Crippen LogP contribution in [0.3, 0.4) is 0 Å². The van der Waals surface area contributed by atoms with Crippen LogP contribution < -0.4 is 15.4 Å². The lowest BCUT2D eigenvalue weighted by Gasteiger charge is -2.40. The number of rotatable bonds is 13. The third kappa shape index (κ3) is 10.8. The number of likely N-dealkylation sites (N-methyl/N-ethyl adjacent to an activating group) is 2. The number of hydrogen-bond acceptors (Lipinski definition) is 6. The summed E-state index contributed by atoms with van der Waals surface area (Å²) in [6.07, 6.45) is 1.61. The van der Waals surface area contributed by atoms with Crippen molar-refractivity contribution in [2.24, 2.45) is 11.3 Å². The molecule has 0 unspecified atom stereocenters. The van der Waals surface area contributed by atoms with Gasteiger partial charge in [-0.2, -0.15) is 0 Å². The Bertz CT molecular complexity index is 1550. The quantitative estimate of drug-likeness (QED) is 0.241. The summed E-state index contributed by atoms with van der Waals surface area (Å²) >= 11 is 0. The molecule has 9 nitrogen and oxygen atoms in total. The van der Waals surface area contributed by atoms with E-state index in [2.05, 4.69) is 36.1 Å². The highest BCUT2D eigenvalue weighted by molar-refractivity contribution is 7.89. The van der Waals surface area contributed by atoms with E-state index in [1.807, 2.05) is 90.9 Å². The lowest BCUT2D eigenvalue weighted by Crippen LogP contribution is -2.61. The fourth-order valence-corrected chi connectivity index (χ4v) is 6.89. The van der Waals surface area contributed by atoms with Crippen LogP contribution in [0, 0.1) is 11.3 Å². The molecule has 266 valence electrons. The molecule has 2 rings (SSSR count). The highest BCUT2D eigenvalue weighted by Crippen LogP contribution is 2.29. The van der Waals surface area contributed by atoms with Crippen LogP contribution in [0.1, 0.15) is 92.9 Å². The maximum atomic E-state index is 14.1. The van der Waals surface area contributed by atoms with Crippen LogP contribution in [-0.2, 0) is 41.0 Å². The van der Waals surface area contributed by atoms with Crippen LogP contribution in [0.15, 0.2) is 66.2 Å².